The van der Waals surface area contributed by atoms with Crippen LogP contribution in [0.4, 0.5) is 11.5 Å². The van der Waals surface area contributed by atoms with Gasteiger partial charge in [0.05, 0.1) is 4.47 Å². The van der Waals surface area contributed by atoms with E-state index in [-0.39, 0.29) is 5.91 Å². The highest BCUT2D eigenvalue weighted by Crippen LogP contribution is 2.26. The molecule has 0 radical (unpaired) electrons. The monoisotopic (exact) mass is 331 g/mol. The van der Waals surface area contributed by atoms with Gasteiger partial charge in [-0.25, -0.2) is 4.98 Å². The Hall–Kier alpha value is -1.88. The topological polar surface area (TPSA) is 54.0 Å². The van der Waals surface area contributed by atoms with Gasteiger partial charge in [-0.1, -0.05) is 6.07 Å². The van der Waals surface area contributed by atoms with Crippen LogP contribution in [0.1, 0.15) is 22.3 Å². The number of amides is 1. The van der Waals surface area contributed by atoms with Crippen molar-refractivity contribution >= 4 is 33.3 Å². The number of carbonyl (C=O) groups excluding carboxylic acids is 1. The van der Waals surface area contributed by atoms with Gasteiger partial charge in [-0.2, -0.15) is 0 Å². The third-order valence-corrected chi connectivity index (χ3v) is 3.97. The molecule has 20 heavy (non-hydrogen) atoms. The van der Waals surface area contributed by atoms with Gasteiger partial charge in [-0.05, 0) is 58.6 Å². The van der Waals surface area contributed by atoms with E-state index in [1.54, 1.807) is 6.20 Å². The summed E-state index contributed by atoms with van der Waals surface area (Å²) in [5.74, 6) is 0.420. The van der Waals surface area contributed by atoms with Gasteiger partial charge in [0.15, 0.2) is 0 Å². The van der Waals surface area contributed by atoms with Crippen molar-refractivity contribution in [3.8, 4) is 0 Å². The Morgan fingerprint density at radius 2 is 2.20 bits per heavy atom. The predicted octanol–water partition coefficient (Wildman–Crippen LogP) is 3.45. The van der Waals surface area contributed by atoms with Crippen molar-refractivity contribution in [3.05, 3.63) is 52.1 Å². The predicted molar refractivity (Wildman–Crippen MR) is 83.1 cm³/mol. The Labute approximate surface area is 125 Å². The summed E-state index contributed by atoms with van der Waals surface area (Å²) in [4.78, 5) is 16.6. The Morgan fingerprint density at radius 1 is 1.30 bits per heavy atom. The van der Waals surface area contributed by atoms with Crippen LogP contribution in [0.2, 0.25) is 0 Å². The van der Waals surface area contributed by atoms with Crippen molar-refractivity contribution in [2.45, 2.75) is 12.8 Å². The first kappa shape index (κ1) is 13.1. The lowest BCUT2D eigenvalue weighted by Gasteiger charge is -2.20. The molecule has 1 aliphatic rings. The van der Waals surface area contributed by atoms with Gasteiger partial charge in [-0.15, -0.1) is 0 Å². The smallest absolute Gasteiger partial charge is 0.257 e. The molecule has 2 heterocycles. The second kappa shape index (κ2) is 5.63. The van der Waals surface area contributed by atoms with Gasteiger partial charge >= 0.3 is 0 Å². The van der Waals surface area contributed by atoms with E-state index in [1.165, 1.54) is 0 Å². The molecular weight excluding hydrogens is 318 g/mol. The van der Waals surface area contributed by atoms with Gasteiger partial charge in [0, 0.05) is 24.0 Å². The van der Waals surface area contributed by atoms with Crippen LogP contribution in [0.3, 0.4) is 0 Å². The van der Waals surface area contributed by atoms with Crippen LogP contribution >= 0.6 is 15.9 Å². The maximum absolute atomic E-state index is 12.4. The van der Waals surface area contributed by atoms with Gasteiger partial charge in [0.1, 0.15) is 5.82 Å². The van der Waals surface area contributed by atoms with Crippen molar-refractivity contribution in [1.29, 1.82) is 0 Å². The molecule has 1 amide bonds. The molecule has 0 unspecified atom stereocenters. The minimum Gasteiger partial charge on any atom is -0.385 e. The van der Waals surface area contributed by atoms with Crippen LogP contribution < -0.4 is 10.6 Å². The number of anilines is 2. The lowest BCUT2D eigenvalue weighted by molar-refractivity contribution is 0.102. The first-order valence-corrected chi connectivity index (χ1v) is 7.32. The van der Waals surface area contributed by atoms with E-state index in [9.17, 15) is 4.79 Å². The van der Waals surface area contributed by atoms with Gasteiger partial charge in [-0.3, -0.25) is 4.79 Å². The third-order valence-electron chi connectivity index (χ3n) is 3.33. The summed E-state index contributed by atoms with van der Waals surface area (Å²) in [6, 6.07) is 9.44. The lowest BCUT2D eigenvalue weighted by atomic mass is 9.97. The number of benzene rings is 1. The summed E-state index contributed by atoms with van der Waals surface area (Å²) in [7, 11) is 0. The Balaban J connectivity index is 1.90. The number of halogens is 1. The molecule has 2 aromatic rings. The van der Waals surface area contributed by atoms with E-state index in [2.05, 4.69) is 31.5 Å². The van der Waals surface area contributed by atoms with Crippen LogP contribution in [0.25, 0.3) is 0 Å². The summed E-state index contributed by atoms with van der Waals surface area (Å²) < 4.78 is 0.774. The number of pyridine rings is 1. The summed E-state index contributed by atoms with van der Waals surface area (Å²) >= 11 is 3.38. The maximum Gasteiger partial charge on any atom is 0.257 e. The zero-order chi connectivity index (χ0) is 13.9. The number of carbonyl (C=O) groups is 1. The fourth-order valence-corrected chi connectivity index (χ4v) is 2.73. The van der Waals surface area contributed by atoms with Crippen LogP contribution in [-0.4, -0.2) is 17.4 Å². The van der Waals surface area contributed by atoms with Crippen LogP contribution in [0.5, 0.6) is 0 Å². The van der Waals surface area contributed by atoms with Crippen LogP contribution in [0, 0.1) is 0 Å². The molecule has 3 rings (SSSR count). The van der Waals surface area contributed by atoms with Crippen molar-refractivity contribution in [2.24, 2.45) is 0 Å². The molecule has 0 aliphatic carbocycles. The Bertz CT molecular complexity index is 657. The molecule has 0 atom stereocenters. The average Bonchev–Trinajstić information content (AvgIpc) is 2.49. The molecular formula is C15H14BrN3O. The molecule has 0 bridgehead atoms. The molecule has 0 saturated heterocycles. The lowest BCUT2D eigenvalue weighted by Crippen LogP contribution is -2.19. The molecule has 1 aromatic carbocycles. The quantitative estimate of drug-likeness (QED) is 0.886. The molecule has 0 spiro atoms. The van der Waals surface area contributed by atoms with Crippen LogP contribution in [-0.2, 0) is 6.42 Å². The fourth-order valence-electron chi connectivity index (χ4n) is 2.38. The number of hydrogen-bond acceptors (Lipinski definition) is 3. The molecule has 0 saturated carbocycles. The molecule has 0 fully saturated rings. The first-order chi connectivity index (χ1) is 9.75. The second-order valence-corrected chi connectivity index (χ2v) is 5.50. The molecule has 1 aliphatic heterocycles. The van der Waals surface area contributed by atoms with E-state index in [1.807, 2.05) is 30.3 Å². The zero-order valence-corrected chi connectivity index (χ0v) is 12.4. The van der Waals surface area contributed by atoms with E-state index in [0.29, 0.717) is 11.4 Å². The number of nitrogens with zero attached hydrogens (tertiary/aromatic N) is 1. The Morgan fingerprint density at radius 3 is 3.05 bits per heavy atom. The van der Waals surface area contributed by atoms with Crippen molar-refractivity contribution in [2.75, 3.05) is 17.2 Å². The highest BCUT2D eigenvalue weighted by atomic mass is 79.9. The number of rotatable bonds is 2. The first-order valence-electron chi connectivity index (χ1n) is 6.53. The highest BCUT2D eigenvalue weighted by Gasteiger charge is 2.18. The largest absolute Gasteiger partial charge is 0.385 e. The normalized spacial score (nSPS) is 13.2. The summed E-state index contributed by atoms with van der Waals surface area (Å²) in [5.41, 5.74) is 2.86. The fraction of sp³-hybridized carbons (Fsp3) is 0.200. The summed E-state index contributed by atoms with van der Waals surface area (Å²) in [5, 5.41) is 6.18. The molecule has 5 heteroatoms. The SMILES string of the molecule is O=C(Nc1ncccc1Br)c1cccc2c1CCCN2. The number of fused-ring (bicyclic) bond motifs is 1. The maximum atomic E-state index is 12.4. The number of hydrogen-bond donors (Lipinski definition) is 2. The van der Waals surface area contributed by atoms with Crippen molar-refractivity contribution in [1.82, 2.24) is 4.98 Å². The third kappa shape index (κ3) is 2.54. The summed E-state index contributed by atoms with van der Waals surface area (Å²) in [6.45, 7) is 0.962. The molecule has 102 valence electrons. The van der Waals surface area contributed by atoms with Crippen LogP contribution in [0.15, 0.2) is 41.0 Å². The number of aromatic nitrogens is 1. The second-order valence-electron chi connectivity index (χ2n) is 4.65. The van der Waals surface area contributed by atoms with E-state index >= 15 is 0 Å². The Kier molecular flexibility index (Phi) is 3.69. The van der Waals surface area contributed by atoms with E-state index < -0.39 is 0 Å². The summed E-state index contributed by atoms with van der Waals surface area (Å²) in [6.07, 6.45) is 3.63. The van der Waals surface area contributed by atoms with Crippen molar-refractivity contribution in [3.63, 3.8) is 0 Å². The zero-order valence-electron chi connectivity index (χ0n) is 10.8. The molecule has 2 N–H and O–H groups in total. The van der Waals surface area contributed by atoms with E-state index in [0.717, 1.165) is 35.1 Å². The van der Waals surface area contributed by atoms with E-state index in [4.69, 9.17) is 0 Å². The standard InChI is InChI=1S/C15H14BrN3O/c16-12-6-3-9-18-14(12)19-15(20)11-4-1-7-13-10(11)5-2-8-17-13/h1,3-4,6-7,9,17H,2,5,8H2,(H,18,19,20). The minimum absolute atomic E-state index is 0.120. The number of nitrogens with one attached hydrogen (secondary N) is 2. The van der Waals surface area contributed by atoms with Gasteiger partial charge < -0.3 is 10.6 Å². The average molecular weight is 332 g/mol. The minimum atomic E-state index is -0.120. The van der Waals surface area contributed by atoms with Gasteiger partial charge in [0.25, 0.3) is 5.91 Å². The van der Waals surface area contributed by atoms with Gasteiger partial charge in [0.2, 0.25) is 0 Å². The van der Waals surface area contributed by atoms with Crippen molar-refractivity contribution < 1.29 is 4.79 Å². The highest BCUT2D eigenvalue weighted by molar-refractivity contribution is 9.10. The molecule has 4 nitrogen and oxygen atoms in total. The molecule has 1 aromatic heterocycles.